The standard InChI is InChI=1S/C11H15F2NS/c1-7(2)15-11-9(12)5-8(3-4-14)6-10(11)13/h5-7H,3-4,14H2,1-2H3. The molecular formula is C11H15F2NS. The molecule has 1 nitrogen and oxygen atoms in total. The molecule has 0 aliphatic rings. The van der Waals surface area contributed by atoms with E-state index in [0.717, 1.165) is 0 Å². The molecule has 0 atom stereocenters. The van der Waals surface area contributed by atoms with Gasteiger partial charge in [0.2, 0.25) is 0 Å². The average molecular weight is 231 g/mol. The first-order chi connectivity index (χ1) is 7.04. The number of halogens is 2. The van der Waals surface area contributed by atoms with E-state index < -0.39 is 11.6 Å². The van der Waals surface area contributed by atoms with Crippen LogP contribution in [0.5, 0.6) is 0 Å². The number of benzene rings is 1. The summed E-state index contributed by atoms with van der Waals surface area (Å²) in [5, 5.41) is 0.161. The summed E-state index contributed by atoms with van der Waals surface area (Å²) in [6.45, 7) is 4.20. The summed E-state index contributed by atoms with van der Waals surface area (Å²) in [6.07, 6.45) is 0.500. The van der Waals surface area contributed by atoms with E-state index in [0.29, 0.717) is 18.5 Å². The molecule has 0 heterocycles. The van der Waals surface area contributed by atoms with Gasteiger partial charge in [0.1, 0.15) is 11.6 Å². The van der Waals surface area contributed by atoms with Crippen molar-refractivity contribution in [3.05, 3.63) is 29.3 Å². The molecule has 0 saturated carbocycles. The molecule has 0 aliphatic heterocycles. The zero-order chi connectivity index (χ0) is 11.4. The highest BCUT2D eigenvalue weighted by Gasteiger charge is 2.12. The van der Waals surface area contributed by atoms with Gasteiger partial charge in [-0.3, -0.25) is 0 Å². The highest BCUT2D eigenvalue weighted by Crippen LogP contribution is 2.29. The minimum atomic E-state index is -0.489. The molecule has 1 aromatic rings. The van der Waals surface area contributed by atoms with Crippen LogP contribution in [0.15, 0.2) is 17.0 Å². The van der Waals surface area contributed by atoms with Gasteiger partial charge < -0.3 is 5.73 Å². The summed E-state index contributed by atoms with van der Waals surface area (Å²) in [6, 6.07) is 2.72. The normalized spacial score (nSPS) is 11.1. The third-order valence-corrected chi connectivity index (χ3v) is 2.94. The second-order valence-corrected chi connectivity index (χ2v) is 5.18. The molecule has 0 amide bonds. The van der Waals surface area contributed by atoms with Crippen LogP contribution in [0.2, 0.25) is 0 Å². The lowest BCUT2D eigenvalue weighted by atomic mass is 10.1. The number of rotatable bonds is 4. The molecule has 2 N–H and O–H groups in total. The van der Waals surface area contributed by atoms with Crippen molar-refractivity contribution >= 4 is 11.8 Å². The Morgan fingerprint density at radius 2 is 1.80 bits per heavy atom. The van der Waals surface area contributed by atoms with E-state index in [1.54, 1.807) is 0 Å². The van der Waals surface area contributed by atoms with Crippen molar-refractivity contribution in [1.29, 1.82) is 0 Å². The summed E-state index contributed by atoms with van der Waals surface area (Å²) in [4.78, 5) is 0.103. The Balaban J connectivity index is 2.98. The van der Waals surface area contributed by atoms with Crippen molar-refractivity contribution in [1.82, 2.24) is 0 Å². The van der Waals surface area contributed by atoms with Gasteiger partial charge in [0.05, 0.1) is 4.90 Å². The maximum atomic E-state index is 13.5. The van der Waals surface area contributed by atoms with Crippen molar-refractivity contribution < 1.29 is 8.78 Å². The highest BCUT2D eigenvalue weighted by molar-refractivity contribution is 7.99. The quantitative estimate of drug-likeness (QED) is 0.806. The lowest BCUT2D eigenvalue weighted by Crippen LogP contribution is -2.04. The van der Waals surface area contributed by atoms with Crippen molar-refractivity contribution in [2.75, 3.05) is 6.54 Å². The number of thioether (sulfide) groups is 1. The van der Waals surface area contributed by atoms with E-state index in [-0.39, 0.29) is 10.1 Å². The number of nitrogens with two attached hydrogens (primary N) is 1. The Kier molecular flexibility index (Phi) is 4.54. The fourth-order valence-corrected chi connectivity index (χ4v) is 2.09. The van der Waals surface area contributed by atoms with Crippen LogP contribution in [0.1, 0.15) is 19.4 Å². The molecule has 15 heavy (non-hydrogen) atoms. The van der Waals surface area contributed by atoms with Crippen LogP contribution in [0, 0.1) is 11.6 Å². The minimum absolute atomic E-state index is 0.103. The summed E-state index contributed by atoms with van der Waals surface area (Å²) in [7, 11) is 0. The van der Waals surface area contributed by atoms with Gasteiger partial charge in [-0.25, -0.2) is 8.78 Å². The van der Waals surface area contributed by atoms with Crippen LogP contribution < -0.4 is 5.73 Å². The smallest absolute Gasteiger partial charge is 0.140 e. The van der Waals surface area contributed by atoms with Gasteiger partial charge in [0.15, 0.2) is 0 Å². The van der Waals surface area contributed by atoms with Crippen molar-refractivity contribution in [2.45, 2.75) is 30.4 Å². The van der Waals surface area contributed by atoms with Crippen molar-refractivity contribution in [3.63, 3.8) is 0 Å². The van der Waals surface area contributed by atoms with Gasteiger partial charge in [-0.15, -0.1) is 11.8 Å². The first-order valence-electron chi connectivity index (χ1n) is 4.89. The first kappa shape index (κ1) is 12.5. The molecule has 0 spiro atoms. The second kappa shape index (κ2) is 5.47. The number of hydrogen-bond donors (Lipinski definition) is 1. The summed E-state index contributed by atoms with van der Waals surface area (Å²) < 4.78 is 27.0. The monoisotopic (exact) mass is 231 g/mol. The predicted octanol–water partition coefficient (Wildman–Crippen LogP) is 2.97. The van der Waals surface area contributed by atoms with Gasteiger partial charge in [-0.1, -0.05) is 13.8 Å². The zero-order valence-corrected chi connectivity index (χ0v) is 9.70. The second-order valence-electron chi connectivity index (χ2n) is 3.59. The first-order valence-corrected chi connectivity index (χ1v) is 5.77. The molecule has 1 rings (SSSR count). The highest BCUT2D eigenvalue weighted by atomic mass is 32.2. The molecule has 0 bridgehead atoms. The Morgan fingerprint density at radius 1 is 1.27 bits per heavy atom. The molecule has 1 aromatic carbocycles. The molecular weight excluding hydrogens is 216 g/mol. The molecule has 0 unspecified atom stereocenters. The molecule has 0 aromatic heterocycles. The van der Waals surface area contributed by atoms with E-state index in [1.165, 1.54) is 23.9 Å². The third-order valence-electron chi connectivity index (χ3n) is 1.84. The summed E-state index contributed by atoms with van der Waals surface area (Å²) >= 11 is 1.20. The molecule has 0 saturated heterocycles. The minimum Gasteiger partial charge on any atom is -0.330 e. The average Bonchev–Trinajstić information content (AvgIpc) is 2.11. The van der Waals surface area contributed by atoms with Crippen molar-refractivity contribution in [3.8, 4) is 0 Å². The van der Waals surface area contributed by atoms with Gasteiger partial charge >= 0.3 is 0 Å². The largest absolute Gasteiger partial charge is 0.330 e. The number of hydrogen-bond acceptors (Lipinski definition) is 2. The Labute approximate surface area is 93.1 Å². The Bertz CT molecular complexity index is 316. The van der Waals surface area contributed by atoms with E-state index in [2.05, 4.69) is 0 Å². The van der Waals surface area contributed by atoms with Crippen LogP contribution in [0.3, 0.4) is 0 Å². The van der Waals surface area contributed by atoms with Crippen molar-refractivity contribution in [2.24, 2.45) is 5.73 Å². The van der Waals surface area contributed by atoms with E-state index in [9.17, 15) is 8.78 Å². The molecule has 0 aliphatic carbocycles. The van der Waals surface area contributed by atoms with E-state index >= 15 is 0 Å². The van der Waals surface area contributed by atoms with Crippen LogP contribution in [0.25, 0.3) is 0 Å². The van der Waals surface area contributed by atoms with E-state index in [4.69, 9.17) is 5.73 Å². The fraction of sp³-hybridized carbons (Fsp3) is 0.455. The van der Waals surface area contributed by atoms with Gasteiger partial charge in [-0.05, 0) is 30.7 Å². The molecule has 0 radical (unpaired) electrons. The third kappa shape index (κ3) is 3.47. The molecule has 0 fully saturated rings. The fourth-order valence-electron chi connectivity index (χ4n) is 1.27. The Hall–Kier alpha value is -0.610. The predicted molar refractivity (Wildman–Crippen MR) is 60.1 cm³/mol. The SMILES string of the molecule is CC(C)Sc1c(F)cc(CCN)cc1F. The van der Waals surface area contributed by atoms with Gasteiger partial charge in [0, 0.05) is 5.25 Å². The van der Waals surface area contributed by atoms with Crippen LogP contribution in [0.4, 0.5) is 8.78 Å². The molecule has 84 valence electrons. The summed E-state index contributed by atoms with van der Waals surface area (Å²) in [5.41, 5.74) is 5.94. The Morgan fingerprint density at radius 3 is 2.20 bits per heavy atom. The van der Waals surface area contributed by atoms with Crippen LogP contribution in [-0.2, 0) is 6.42 Å². The van der Waals surface area contributed by atoms with Crippen LogP contribution >= 0.6 is 11.8 Å². The van der Waals surface area contributed by atoms with Crippen LogP contribution in [-0.4, -0.2) is 11.8 Å². The van der Waals surface area contributed by atoms with Gasteiger partial charge in [-0.2, -0.15) is 0 Å². The lowest BCUT2D eigenvalue weighted by Gasteiger charge is -2.09. The van der Waals surface area contributed by atoms with Gasteiger partial charge in [0.25, 0.3) is 0 Å². The maximum Gasteiger partial charge on any atom is 0.140 e. The lowest BCUT2D eigenvalue weighted by molar-refractivity contribution is 0.537. The zero-order valence-electron chi connectivity index (χ0n) is 8.89. The maximum absolute atomic E-state index is 13.5. The van der Waals surface area contributed by atoms with E-state index in [1.807, 2.05) is 13.8 Å². The summed E-state index contributed by atoms with van der Waals surface area (Å²) in [5.74, 6) is -0.977. The molecule has 4 heteroatoms. The topological polar surface area (TPSA) is 26.0 Å².